The van der Waals surface area contributed by atoms with E-state index in [1.807, 2.05) is 6.08 Å². The molecule has 21 heavy (non-hydrogen) atoms. The first kappa shape index (κ1) is 14.2. The molecule has 0 unspecified atom stereocenters. The minimum absolute atomic E-state index is 0.779. The van der Waals surface area contributed by atoms with Crippen molar-refractivity contribution in [2.75, 3.05) is 0 Å². The van der Waals surface area contributed by atoms with Crippen molar-refractivity contribution in [3.63, 3.8) is 0 Å². The molecule has 0 bridgehead atoms. The van der Waals surface area contributed by atoms with Crippen molar-refractivity contribution >= 4 is 12.2 Å². The smallest absolute Gasteiger partial charge is 0.142 e. The van der Waals surface area contributed by atoms with E-state index < -0.39 is 0 Å². The number of rotatable bonds is 3. The number of aromatic nitrogens is 2. The Bertz CT molecular complexity index is 743. The molecule has 2 aromatic rings. The topological polar surface area (TPSA) is 17.8 Å². The van der Waals surface area contributed by atoms with Gasteiger partial charge < -0.3 is 4.57 Å². The molecule has 2 nitrogen and oxygen atoms in total. The maximum Gasteiger partial charge on any atom is 0.142 e. The number of benzene rings is 1. The average Bonchev–Trinajstić information content (AvgIpc) is 2.50. The van der Waals surface area contributed by atoms with Crippen molar-refractivity contribution in [3.05, 3.63) is 58.4 Å². The summed E-state index contributed by atoms with van der Waals surface area (Å²) in [4.78, 5) is 4.75. The zero-order chi connectivity index (χ0) is 14.8. The number of allylic oxidation sites excluding steroid dienone is 1. The lowest BCUT2D eigenvalue weighted by atomic mass is 9.96. The Morgan fingerprint density at radius 2 is 2.14 bits per heavy atom. The lowest BCUT2D eigenvalue weighted by Gasteiger charge is -2.23. The van der Waals surface area contributed by atoms with Gasteiger partial charge in [0.2, 0.25) is 0 Å². The second-order valence-corrected chi connectivity index (χ2v) is 6.03. The van der Waals surface area contributed by atoms with E-state index >= 15 is 0 Å². The van der Waals surface area contributed by atoms with E-state index in [9.17, 15) is 0 Å². The second kappa shape index (κ2) is 5.94. The molecule has 3 rings (SSSR count). The van der Waals surface area contributed by atoms with Gasteiger partial charge in [0, 0.05) is 23.4 Å². The van der Waals surface area contributed by atoms with Crippen molar-refractivity contribution in [1.29, 1.82) is 0 Å². The number of hydrogen-bond acceptors (Lipinski definition) is 2. The Morgan fingerprint density at radius 1 is 1.33 bits per heavy atom. The van der Waals surface area contributed by atoms with Gasteiger partial charge in [-0.1, -0.05) is 42.1 Å². The van der Waals surface area contributed by atoms with Crippen LogP contribution in [0.1, 0.15) is 29.7 Å². The molecule has 1 heterocycles. The van der Waals surface area contributed by atoms with Gasteiger partial charge in [-0.3, -0.25) is 0 Å². The van der Waals surface area contributed by atoms with Crippen molar-refractivity contribution in [3.8, 4) is 11.4 Å². The summed E-state index contributed by atoms with van der Waals surface area (Å²) in [5.74, 6) is 0.976. The molecule has 0 atom stereocenters. The third-order valence-corrected chi connectivity index (χ3v) is 4.41. The van der Waals surface area contributed by atoms with Gasteiger partial charge in [-0.2, -0.15) is 0 Å². The summed E-state index contributed by atoms with van der Waals surface area (Å²) in [6.07, 6.45) is 6.55. The van der Waals surface area contributed by atoms with Crippen molar-refractivity contribution in [2.45, 2.75) is 39.2 Å². The molecular weight excluding hydrogens is 276 g/mol. The molecule has 0 spiro atoms. The van der Waals surface area contributed by atoms with Crippen LogP contribution >= 0.6 is 12.2 Å². The molecule has 0 radical (unpaired) electrons. The normalized spacial score (nSPS) is 13.8. The van der Waals surface area contributed by atoms with E-state index in [-0.39, 0.29) is 0 Å². The van der Waals surface area contributed by atoms with Crippen LogP contribution in [0.4, 0.5) is 0 Å². The fraction of sp³-hybridized carbons (Fsp3) is 0.333. The van der Waals surface area contributed by atoms with Crippen LogP contribution < -0.4 is 0 Å². The van der Waals surface area contributed by atoms with E-state index in [0.29, 0.717) is 0 Å². The fourth-order valence-electron chi connectivity index (χ4n) is 3.10. The monoisotopic (exact) mass is 296 g/mol. The fourth-order valence-corrected chi connectivity index (χ4v) is 3.41. The Balaban J connectivity index is 2.26. The predicted octanol–water partition coefficient (Wildman–Crippen LogP) is 4.65. The quantitative estimate of drug-likeness (QED) is 0.606. The van der Waals surface area contributed by atoms with Crippen molar-refractivity contribution in [1.82, 2.24) is 9.55 Å². The standard InChI is InChI=1S/C18H20N2S/c1-3-11-20-16-10-5-4-9-15(16)18(21)19-17(20)14-8-6-7-13(2)12-14/h3,6-8,12H,1,4-5,9-11H2,2H3. The van der Waals surface area contributed by atoms with Crippen LogP contribution in [-0.4, -0.2) is 9.55 Å². The molecule has 1 aromatic carbocycles. The van der Waals surface area contributed by atoms with Gasteiger partial charge in [0.05, 0.1) is 0 Å². The summed E-state index contributed by atoms with van der Waals surface area (Å²) < 4.78 is 3.08. The first-order chi connectivity index (χ1) is 10.2. The summed E-state index contributed by atoms with van der Waals surface area (Å²) in [5.41, 5.74) is 5.01. The van der Waals surface area contributed by atoms with E-state index in [4.69, 9.17) is 17.2 Å². The molecule has 0 saturated carbocycles. The zero-order valence-corrected chi connectivity index (χ0v) is 13.2. The molecule has 0 N–H and O–H groups in total. The number of hydrogen-bond donors (Lipinski definition) is 0. The summed E-state index contributed by atoms with van der Waals surface area (Å²) >= 11 is 5.55. The van der Waals surface area contributed by atoms with Crippen LogP contribution in [0.2, 0.25) is 0 Å². The number of nitrogens with zero attached hydrogens (tertiary/aromatic N) is 2. The second-order valence-electron chi connectivity index (χ2n) is 5.64. The molecule has 3 heteroatoms. The van der Waals surface area contributed by atoms with Gasteiger partial charge in [0.15, 0.2) is 0 Å². The number of fused-ring (bicyclic) bond motifs is 1. The highest BCUT2D eigenvalue weighted by Crippen LogP contribution is 2.27. The van der Waals surface area contributed by atoms with E-state index in [0.717, 1.165) is 35.4 Å². The molecule has 1 aromatic heterocycles. The van der Waals surface area contributed by atoms with Crippen LogP contribution in [0.15, 0.2) is 36.9 Å². The molecule has 1 aliphatic rings. The largest absolute Gasteiger partial charge is 0.325 e. The highest BCUT2D eigenvalue weighted by molar-refractivity contribution is 7.71. The van der Waals surface area contributed by atoms with Gasteiger partial charge in [-0.05, 0) is 38.7 Å². The maximum absolute atomic E-state index is 5.55. The molecule has 0 fully saturated rings. The zero-order valence-electron chi connectivity index (χ0n) is 12.4. The van der Waals surface area contributed by atoms with Crippen LogP contribution in [0.25, 0.3) is 11.4 Å². The lowest BCUT2D eigenvalue weighted by molar-refractivity contribution is 0.608. The van der Waals surface area contributed by atoms with Crippen LogP contribution in [0.3, 0.4) is 0 Å². The summed E-state index contributed by atoms with van der Waals surface area (Å²) in [6.45, 7) is 6.80. The Hall–Kier alpha value is -1.74. The van der Waals surface area contributed by atoms with Crippen LogP contribution in [0, 0.1) is 11.6 Å². The van der Waals surface area contributed by atoms with Gasteiger partial charge in [0.1, 0.15) is 10.5 Å². The minimum Gasteiger partial charge on any atom is -0.325 e. The third kappa shape index (κ3) is 2.70. The Labute approximate surface area is 131 Å². The molecule has 108 valence electrons. The van der Waals surface area contributed by atoms with E-state index in [1.54, 1.807) is 0 Å². The summed E-state index contributed by atoms with van der Waals surface area (Å²) in [6, 6.07) is 8.46. The summed E-state index contributed by atoms with van der Waals surface area (Å²) in [7, 11) is 0. The van der Waals surface area contributed by atoms with Crippen molar-refractivity contribution < 1.29 is 0 Å². The molecular formula is C18H20N2S. The van der Waals surface area contributed by atoms with Crippen LogP contribution in [0.5, 0.6) is 0 Å². The predicted molar refractivity (Wildman–Crippen MR) is 90.1 cm³/mol. The van der Waals surface area contributed by atoms with E-state index in [1.165, 1.54) is 29.7 Å². The molecule has 0 amide bonds. The number of aryl methyl sites for hydroxylation is 1. The maximum atomic E-state index is 5.55. The first-order valence-electron chi connectivity index (χ1n) is 7.51. The van der Waals surface area contributed by atoms with Crippen molar-refractivity contribution in [2.24, 2.45) is 0 Å². The summed E-state index contributed by atoms with van der Waals surface area (Å²) in [5, 5.41) is 0. The molecule has 0 aliphatic heterocycles. The highest BCUT2D eigenvalue weighted by Gasteiger charge is 2.18. The minimum atomic E-state index is 0.779. The average molecular weight is 296 g/mol. The van der Waals surface area contributed by atoms with Gasteiger partial charge in [0.25, 0.3) is 0 Å². The van der Waals surface area contributed by atoms with Gasteiger partial charge in [-0.25, -0.2) is 4.98 Å². The van der Waals surface area contributed by atoms with Gasteiger partial charge in [-0.15, -0.1) is 6.58 Å². The molecule has 0 saturated heterocycles. The third-order valence-electron chi connectivity index (χ3n) is 4.07. The van der Waals surface area contributed by atoms with Crippen LogP contribution in [-0.2, 0) is 19.4 Å². The Morgan fingerprint density at radius 3 is 2.90 bits per heavy atom. The van der Waals surface area contributed by atoms with E-state index in [2.05, 4.69) is 42.3 Å². The lowest BCUT2D eigenvalue weighted by Crippen LogP contribution is -2.17. The van der Waals surface area contributed by atoms with Gasteiger partial charge >= 0.3 is 0 Å². The SMILES string of the molecule is C=CCn1c(-c2cccc(C)c2)nc(=S)c2c1CCCC2. The molecule has 1 aliphatic carbocycles. The first-order valence-corrected chi connectivity index (χ1v) is 7.92. The highest BCUT2D eigenvalue weighted by atomic mass is 32.1. The Kier molecular flexibility index (Phi) is 4.02.